The molecule has 0 atom stereocenters. The number of para-hydroxylation sites is 1. The second kappa shape index (κ2) is 7.22. The van der Waals surface area contributed by atoms with Gasteiger partial charge in [0.2, 0.25) is 0 Å². The standard InChI is InChI=1S/C23H18F3N5O2/c1-12-16(20-28-18-14(30(20)2)10-7-11-15(18)33-3)22(32)31-21(27-12)17(13-8-5-4-6-9-13)19(29-31)23(24,25)26/h4-11,27H,1-3H3. The van der Waals surface area contributed by atoms with E-state index in [1.165, 1.54) is 7.11 Å². The molecule has 0 aliphatic rings. The monoisotopic (exact) mass is 453 g/mol. The van der Waals surface area contributed by atoms with E-state index in [1.807, 2.05) is 6.07 Å². The molecule has 10 heteroatoms. The molecule has 5 rings (SSSR count). The van der Waals surface area contributed by atoms with Crippen molar-refractivity contribution >= 4 is 16.7 Å². The fourth-order valence-electron chi connectivity index (χ4n) is 4.10. The number of nitrogens with zero attached hydrogens (tertiary/aromatic N) is 4. The van der Waals surface area contributed by atoms with E-state index in [-0.39, 0.29) is 16.8 Å². The van der Waals surface area contributed by atoms with Gasteiger partial charge in [-0.15, -0.1) is 0 Å². The number of fused-ring (bicyclic) bond motifs is 2. The first kappa shape index (κ1) is 20.8. The predicted molar refractivity (Wildman–Crippen MR) is 117 cm³/mol. The Morgan fingerprint density at radius 2 is 1.76 bits per heavy atom. The van der Waals surface area contributed by atoms with Gasteiger partial charge in [-0.25, -0.2) is 4.98 Å². The van der Waals surface area contributed by atoms with E-state index in [4.69, 9.17) is 4.74 Å². The number of imidazole rings is 1. The Morgan fingerprint density at radius 3 is 2.42 bits per heavy atom. The maximum Gasteiger partial charge on any atom is 0.435 e. The summed E-state index contributed by atoms with van der Waals surface area (Å²) in [6.07, 6.45) is -4.75. The quantitative estimate of drug-likeness (QED) is 0.434. The van der Waals surface area contributed by atoms with Gasteiger partial charge in [0.15, 0.2) is 5.69 Å². The number of methoxy groups -OCH3 is 1. The minimum atomic E-state index is -4.75. The van der Waals surface area contributed by atoms with Gasteiger partial charge in [0.25, 0.3) is 5.56 Å². The molecule has 0 amide bonds. The Kier molecular flexibility index (Phi) is 4.55. The average Bonchev–Trinajstić information content (AvgIpc) is 3.33. The van der Waals surface area contributed by atoms with Crippen molar-refractivity contribution in [1.82, 2.24) is 24.1 Å². The van der Waals surface area contributed by atoms with Gasteiger partial charge in [-0.05, 0) is 24.6 Å². The molecule has 0 aliphatic carbocycles. The lowest BCUT2D eigenvalue weighted by atomic mass is 10.1. The smallest absolute Gasteiger partial charge is 0.435 e. The number of alkyl halides is 3. The Hall–Kier alpha value is -4.08. The maximum absolute atomic E-state index is 13.9. The van der Waals surface area contributed by atoms with Crippen LogP contribution in [0.5, 0.6) is 5.75 Å². The van der Waals surface area contributed by atoms with Crippen LogP contribution in [0.25, 0.3) is 39.2 Å². The number of nitrogens with one attached hydrogen (secondary N) is 1. The summed E-state index contributed by atoms with van der Waals surface area (Å²) in [5.41, 5.74) is 0.00144. The molecule has 0 unspecified atom stereocenters. The number of rotatable bonds is 3. The van der Waals surface area contributed by atoms with Crippen LogP contribution in [0.4, 0.5) is 13.2 Å². The zero-order valence-corrected chi connectivity index (χ0v) is 17.9. The molecule has 168 valence electrons. The molecule has 33 heavy (non-hydrogen) atoms. The Labute approximate surface area is 185 Å². The van der Waals surface area contributed by atoms with E-state index >= 15 is 0 Å². The van der Waals surface area contributed by atoms with Crippen LogP contribution in [0.2, 0.25) is 0 Å². The largest absolute Gasteiger partial charge is 0.494 e. The first-order chi connectivity index (χ1) is 15.7. The van der Waals surface area contributed by atoms with Gasteiger partial charge in [-0.1, -0.05) is 36.4 Å². The molecule has 0 radical (unpaired) electrons. The highest BCUT2D eigenvalue weighted by Gasteiger charge is 2.39. The first-order valence-corrected chi connectivity index (χ1v) is 10.0. The fourth-order valence-corrected chi connectivity index (χ4v) is 4.10. The summed E-state index contributed by atoms with van der Waals surface area (Å²) < 4.78 is 49.5. The lowest BCUT2D eigenvalue weighted by molar-refractivity contribution is -0.140. The van der Waals surface area contributed by atoms with Crippen molar-refractivity contribution in [3.8, 4) is 28.3 Å². The number of aromatic amines is 1. The minimum Gasteiger partial charge on any atom is -0.494 e. The third kappa shape index (κ3) is 3.09. The predicted octanol–water partition coefficient (Wildman–Crippen LogP) is 4.58. The second-order valence-electron chi connectivity index (χ2n) is 7.60. The van der Waals surface area contributed by atoms with Crippen LogP contribution in [0, 0.1) is 6.92 Å². The van der Waals surface area contributed by atoms with Gasteiger partial charge in [-0.2, -0.15) is 22.8 Å². The molecular formula is C23H18F3N5O2. The van der Waals surface area contributed by atoms with Crippen molar-refractivity contribution in [1.29, 1.82) is 0 Å². The molecule has 2 aromatic carbocycles. The van der Waals surface area contributed by atoms with Gasteiger partial charge in [-0.3, -0.25) is 4.79 Å². The number of benzene rings is 2. The summed E-state index contributed by atoms with van der Waals surface area (Å²) in [6, 6.07) is 13.4. The van der Waals surface area contributed by atoms with Crippen LogP contribution in [0.3, 0.4) is 0 Å². The maximum atomic E-state index is 13.9. The topological polar surface area (TPSA) is 77.2 Å². The van der Waals surface area contributed by atoms with Crippen LogP contribution >= 0.6 is 0 Å². The third-order valence-electron chi connectivity index (χ3n) is 5.62. The summed E-state index contributed by atoms with van der Waals surface area (Å²) >= 11 is 0. The second-order valence-corrected chi connectivity index (χ2v) is 7.60. The van der Waals surface area contributed by atoms with E-state index in [0.717, 1.165) is 4.52 Å². The van der Waals surface area contributed by atoms with Crippen LogP contribution < -0.4 is 10.3 Å². The Bertz CT molecular complexity index is 1580. The first-order valence-electron chi connectivity index (χ1n) is 10.0. The number of H-pyrrole nitrogens is 1. The Morgan fingerprint density at radius 1 is 1.03 bits per heavy atom. The normalized spacial score (nSPS) is 12.1. The zero-order chi connectivity index (χ0) is 23.5. The van der Waals surface area contributed by atoms with E-state index in [0.29, 0.717) is 33.9 Å². The van der Waals surface area contributed by atoms with Gasteiger partial charge < -0.3 is 14.3 Å². The van der Waals surface area contributed by atoms with E-state index < -0.39 is 17.4 Å². The number of halogens is 3. The zero-order valence-electron chi connectivity index (χ0n) is 17.9. The lowest BCUT2D eigenvalue weighted by Gasteiger charge is -2.08. The van der Waals surface area contributed by atoms with Gasteiger partial charge in [0.1, 0.15) is 28.3 Å². The van der Waals surface area contributed by atoms with E-state index in [1.54, 1.807) is 61.0 Å². The summed E-state index contributed by atoms with van der Waals surface area (Å²) in [7, 11) is 3.24. The molecule has 0 aliphatic heterocycles. The molecule has 0 saturated heterocycles. The SMILES string of the molecule is COc1cccc2c1nc(-c1c(C)[nH]c3c(-c4ccccc4)c(C(F)(F)F)nn3c1=O)n2C. The highest BCUT2D eigenvalue weighted by atomic mass is 19.4. The molecule has 3 heterocycles. The molecule has 3 aromatic heterocycles. The molecule has 7 nitrogen and oxygen atoms in total. The molecule has 1 N–H and O–H groups in total. The van der Waals surface area contributed by atoms with Gasteiger partial charge >= 0.3 is 6.18 Å². The Balaban J connectivity index is 1.86. The van der Waals surface area contributed by atoms with Crippen molar-refractivity contribution in [3.05, 3.63) is 70.3 Å². The van der Waals surface area contributed by atoms with Crippen LogP contribution in [0.15, 0.2) is 53.3 Å². The van der Waals surface area contributed by atoms with Crippen molar-refractivity contribution in [2.45, 2.75) is 13.1 Å². The number of hydrogen-bond donors (Lipinski definition) is 1. The summed E-state index contributed by atoms with van der Waals surface area (Å²) in [5, 5.41) is 3.69. The molecule has 0 saturated carbocycles. The number of ether oxygens (including phenoxy) is 1. The van der Waals surface area contributed by atoms with Crippen LogP contribution in [-0.2, 0) is 13.2 Å². The van der Waals surface area contributed by atoms with E-state index in [9.17, 15) is 18.0 Å². The van der Waals surface area contributed by atoms with Crippen molar-refractivity contribution in [2.24, 2.45) is 7.05 Å². The van der Waals surface area contributed by atoms with E-state index in [2.05, 4.69) is 15.1 Å². The summed E-state index contributed by atoms with van der Waals surface area (Å²) in [4.78, 5) is 21.0. The molecule has 5 aromatic rings. The average molecular weight is 453 g/mol. The van der Waals surface area contributed by atoms with Crippen molar-refractivity contribution in [2.75, 3.05) is 7.11 Å². The van der Waals surface area contributed by atoms with Crippen molar-refractivity contribution in [3.63, 3.8) is 0 Å². The number of aryl methyl sites for hydroxylation is 2. The van der Waals surface area contributed by atoms with Crippen LogP contribution in [0.1, 0.15) is 11.4 Å². The minimum absolute atomic E-state index is 0.0314. The molecule has 0 bridgehead atoms. The highest BCUT2D eigenvalue weighted by Crippen LogP contribution is 2.38. The third-order valence-corrected chi connectivity index (χ3v) is 5.62. The lowest BCUT2D eigenvalue weighted by Crippen LogP contribution is -2.21. The van der Waals surface area contributed by atoms with Gasteiger partial charge in [0.05, 0.1) is 18.2 Å². The van der Waals surface area contributed by atoms with Crippen LogP contribution in [-0.4, -0.2) is 31.3 Å². The number of aromatic nitrogens is 5. The fraction of sp³-hybridized carbons (Fsp3) is 0.174. The van der Waals surface area contributed by atoms with Gasteiger partial charge in [0, 0.05) is 12.7 Å². The molecular weight excluding hydrogens is 435 g/mol. The summed E-state index contributed by atoms with van der Waals surface area (Å²) in [5.74, 6) is 0.815. The summed E-state index contributed by atoms with van der Waals surface area (Å²) in [6.45, 7) is 1.63. The molecule has 0 spiro atoms. The van der Waals surface area contributed by atoms with Crippen molar-refractivity contribution < 1.29 is 17.9 Å². The highest BCUT2D eigenvalue weighted by molar-refractivity contribution is 5.87. The molecule has 0 fully saturated rings. The number of hydrogen-bond acceptors (Lipinski definition) is 4.